The Bertz CT molecular complexity index is 1160. The lowest BCUT2D eigenvalue weighted by molar-refractivity contribution is -0.137. The maximum Gasteiger partial charge on any atom is 0.418 e. The third-order valence-corrected chi connectivity index (χ3v) is 5.45. The van der Waals surface area contributed by atoms with Gasteiger partial charge in [0.2, 0.25) is 5.91 Å². The van der Waals surface area contributed by atoms with Crippen molar-refractivity contribution in [1.82, 2.24) is 10.3 Å². The van der Waals surface area contributed by atoms with Crippen LogP contribution >= 0.6 is 11.3 Å². The first kappa shape index (κ1) is 25.0. The summed E-state index contributed by atoms with van der Waals surface area (Å²) in [6.45, 7) is 3.58. The number of hydrogen-bond donors (Lipinski definition) is 3. The Morgan fingerprint density at radius 3 is 2.59 bits per heavy atom. The lowest BCUT2D eigenvalue weighted by Crippen LogP contribution is -2.26. The number of hydrogen-bond acceptors (Lipinski definition) is 6. The molecule has 0 radical (unpaired) electrons. The topological polar surface area (TPSA) is 92.4 Å². The van der Waals surface area contributed by atoms with Crippen molar-refractivity contribution in [3.63, 3.8) is 0 Å². The van der Waals surface area contributed by atoms with Crippen LogP contribution in [0.2, 0.25) is 0 Å². The molecule has 0 aliphatic heterocycles. The molecule has 0 aliphatic rings. The number of aryl methyl sites for hydroxylation is 1. The standard InChI is InChI=1S/C23H23F3N4O3S/c1-14-13-34-22(29-14)30-21(32)17-8-7-16(11-20(17)33-10-9-27-15(2)31)12-28-19-6-4-3-5-18(19)23(24,25)26/h3-8,11,13,28H,9-10,12H2,1-2H3,(H,27,31)(H,29,30,32). The number of para-hydroxylation sites is 1. The zero-order chi connectivity index (χ0) is 24.7. The molecular formula is C23H23F3N4O3S. The summed E-state index contributed by atoms with van der Waals surface area (Å²) in [5, 5.41) is 10.3. The summed E-state index contributed by atoms with van der Waals surface area (Å²) in [7, 11) is 0. The number of carbonyl (C=O) groups excluding carboxylic acids is 2. The van der Waals surface area contributed by atoms with Crippen molar-refractivity contribution < 1.29 is 27.5 Å². The van der Waals surface area contributed by atoms with Crippen LogP contribution in [-0.4, -0.2) is 29.9 Å². The number of aromatic nitrogens is 1. The Kier molecular flexibility index (Phi) is 8.11. The number of ether oxygens (including phenoxy) is 1. The van der Waals surface area contributed by atoms with Crippen LogP contribution in [0.4, 0.5) is 24.0 Å². The number of carbonyl (C=O) groups is 2. The Hall–Kier alpha value is -3.60. The summed E-state index contributed by atoms with van der Waals surface area (Å²) < 4.78 is 45.5. The minimum atomic E-state index is -4.49. The fourth-order valence-corrected chi connectivity index (χ4v) is 3.71. The highest BCUT2D eigenvalue weighted by Gasteiger charge is 2.33. The van der Waals surface area contributed by atoms with Crippen molar-refractivity contribution >= 4 is 34.0 Å². The van der Waals surface area contributed by atoms with Gasteiger partial charge in [-0.15, -0.1) is 11.3 Å². The molecule has 0 bridgehead atoms. The predicted molar refractivity (Wildman–Crippen MR) is 124 cm³/mol. The van der Waals surface area contributed by atoms with Crippen LogP contribution in [0.25, 0.3) is 0 Å². The average molecular weight is 493 g/mol. The molecule has 1 aromatic heterocycles. The molecule has 0 saturated carbocycles. The summed E-state index contributed by atoms with van der Waals surface area (Å²) in [4.78, 5) is 28.1. The summed E-state index contributed by atoms with van der Waals surface area (Å²) in [6.07, 6.45) is -4.49. The van der Waals surface area contributed by atoms with Gasteiger partial charge in [0.15, 0.2) is 5.13 Å². The van der Waals surface area contributed by atoms with Gasteiger partial charge in [0.1, 0.15) is 12.4 Å². The van der Waals surface area contributed by atoms with Gasteiger partial charge in [0, 0.05) is 24.5 Å². The third-order valence-electron chi connectivity index (χ3n) is 4.58. The maximum absolute atomic E-state index is 13.3. The van der Waals surface area contributed by atoms with Crippen LogP contribution in [0, 0.1) is 6.92 Å². The van der Waals surface area contributed by atoms with E-state index in [1.807, 2.05) is 0 Å². The molecule has 1 heterocycles. The van der Waals surface area contributed by atoms with Crippen LogP contribution in [0.3, 0.4) is 0 Å². The Labute approximate surface area is 198 Å². The van der Waals surface area contributed by atoms with Crippen LogP contribution < -0.4 is 20.7 Å². The largest absolute Gasteiger partial charge is 0.491 e. The van der Waals surface area contributed by atoms with Crippen LogP contribution in [0.15, 0.2) is 47.8 Å². The van der Waals surface area contributed by atoms with E-state index in [1.54, 1.807) is 24.4 Å². The second-order valence-corrected chi connectivity index (χ2v) is 8.17. The molecule has 34 heavy (non-hydrogen) atoms. The molecule has 0 spiro atoms. The quantitative estimate of drug-likeness (QED) is 0.372. The number of anilines is 2. The van der Waals surface area contributed by atoms with E-state index < -0.39 is 17.6 Å². The molecule has 3 N–H and O–H groups in total. The minimum Gasteiger partial charge on any atom is -0.491 e. The number of halogens is 3. The molecule has 2 amide bonds. The van der Waals surface area contributed by atoms with E-state index in [2.05, 4.69) is 20.9 Å². The molecule has 0 saturated heterocycles. The zero-order valence-electron chi connectivity index (χ0n) is 18.5. The average Bonchev–Trinajstić information content (AvgIpc) is 3.19. The number of rotatable bonds is 9. The predicted octanol–water partition coefficient (Wildman–Crippen LogP) is 4.85. The first-order chi connectivity index (χ1) is 16.1. The van der Waals surface area contributed by atoms with E-state index in [0.717, 1.165) is 11.8 Å². The van der Waals surface area contributed by atoms with Crippen molar-refractivity contribution in [3.05, 3.63) is 70.2 Å². The molecule has 2 aromatic carbocycles. The molecule has 3 rings (SSSR count). The molecule has 180 valence electrons. The molecule has 3 aromatic rings. The first-order valence-electron chi connectivity index (χ1n) is 10.3. The van der Waals surface area contributed by atoms with E-state index in [-0.39, 0.29) is 42.6 Å². The van der Waals surface area contributed by atoms with Crippen molar-refractivity contribution in [2.45, 2.75) is 26.6 Å². The van der Waals surface area contributed by atoms with Crippen LogP contribution in [-0.2, 0) is 17.5 Å². The highest BCUT2D eigenvalue weighted by molar-refractivity contribution is 7.13. The van der Waals surface area contributed by atoms with Crippen LogP contribution in [0.1, 0.15) is 34.1 Å². The van der Waals surface area contributed by atoms with Gasteiger partial charge in [-0.2, -0.15) is 13.2 Å². The number of amides is 2. The molecular weight excluding hydrogens is 469 g/mol. The first-order valence-corrected chi connectivity index (χ1v) is 11.1. The molecule has 0 fully saturated rings. The summed E-state index contributed by atoms with van der Waals surface area (Å²) in [5.41, 5.74) is 0.788. The smallest absolute Gasteiger partial charge is 0.418 e. The zero-order valence-corrected chi connectivity index (χ0v) is 19.3. The van der Waals surface area contributed by atoms with Gasteiger partial charge in [0.05, 0.1) is 23.4 Å². The van der Waals surface area contributed by atoms with Crippen molar-refractivity contribution in [1.29, 1.82) is 0 Å². The fourth-order valence-electron chi connectivity index (χ4n) is 3.03. The lowest BCUT2D eigenvalue weighted by Gasteiger charge is -2.16. The minimum absolute atomic E-state index is 0.0518. The van der Waals surface area contributed by atoms with Gasteiger partial charge in [0.25, 0.3) is 5.91 Å². The fraction of sp³-hybridized carbons (Fsp3) is 0.261. The van der Waals surface area contributed by atoms with E-state index in [1.165, 1.54) is 42.5 Å². The van der Waals surface area contributed by atoms with Crippen molar-refractivity contribution in [2.75, 3.05) is 23.8 Å². The number of alkyl halides is 3. The summed E-state index contributed by atoms with van der Waals surface area (Å²) in [5.74, 6) is -0.424. The maximum atomic E-state index is 13.3. The third kappa shape index (κ3) is 6.95. The van der Waals surface area contributed by atoms with Crippen LogP contribution in [0.5, 0.6) is 5.75 Å². The molecule has 11 heteroatoms. The number of thiazole rings is 1. The Balaban J connectivity index is 1.78. The van der Waals surface area contributed by atoms with Gasteiger partial charge in [-0.3, -0.25) is 14.9 Å². The molecule has 0 aliphatic carbocycles. The van der Waals surface area contributed by atoms with E-state index in [9.17, 15) is 22.8 Å². The number of benzene rings is 2. The monoisotopic (exact) mass is 492 g/mol. The van der Waals surface area contributed by atoms with Gasteiger partial charge in [-0.1, -0.05) is 18.2 Å². The lowest BCUT2D eigenvalue weighted by atomic mass is 10.1. The van der Waals surface area contributed by atoms with Gasteiger partial charge >= 0.3 is 6.18 Å². The Morgan fingerprint density at radius 2 is 1.91 bits per heavy atom. The normalized spacial score (nSPS) is 11.1. The van der Waals surface area contributed by atoms with Gasteiger partial charge in [-0.05, 0) is 36.8 Å². The van der Waals surface area contributed by atoms with Crippen molar-refractivity contribution in [2.24, 2.45) is 0 Å². The number of nitrogens with one attached hydrogen (secondary N) is 3. The van der Waals surface area contributed by atoms with Crippen molar-refractivity contribution in [3.8, 4) is 5.75 Å². The molecule has 0 unspecified atom stereocenters. The second-order valence-electron chi connectivity index (χ2n) is 7.31. The highest BCUT2D eigenvalue weighted by atomic mass is 32.1. The van der Waals surface area contributed by atoms with E-state index >= 15 is 0 Å². The summed E-state index contributed by atoms with van der Waals surface area (Å²) >= 11 is 1.28. The van der Waals surface area contributed by atoms with Gasteiger partial charge in [-0.25, -0.2) is 4.98 Å². The number of nitrogens with zero attached hydrogens (tertiary/aromatic N) is 1. The SMILES string of the molecule is CC(=O)NCCOc1cc(CNc2ccccc2C(F)(F)F)ccc1C(=O)Nc1nc(C)cs1. The molecule has 0 atom stereocenters. The van der Waals surface area contributed by atoms with E-state index in [4.69, 9.17) is 4.74 Å². The van der Waals surface area contributed by atoms with Gasteiger partial charge < -0.3 is 15.4 Å². The molecule has 7 nitrogen and oxygen atoms in total. The second kappa shape index (κ2) is 11.0. The highest BCUT2D eigenvalue weighted by Crippen LogP contribution is 2.35. The van der Waals surface area contributed by atoms with E-state index in [0.29, 0.717) is 10.7 Å². The summed E-state index contributed by atoms with van der Waals surface area (Å²) in [6, 6.07) is 9.95. The Morgan fingerprint density at radius 1 is 1.15 bits per heavy atom.